The highest BCUT2D eigenvalue weighted by atomic mass is 79.9. The van der Waals surface area contributed by atoms with Crippen molar-refractivity contribution < 1.29 is 9.47 Å². The number of halogens is 1. The molecule has 0 fully saturated rings. The van der Waals surface area contributed by atoms with Gasteiger partial charge in [0.05, 0.1) is 17.8 Å². The van der Waals surface area contributed by atoms with Gasteiger partial charge in [-0.2, -0.15) is 5.10 Å². The maximum Gasteiger partial charge on any atom is 0.186 e. The van der Waals surface area contributed by atoms with Crippen LogP contribution in [0.5, 0.6) is 11.5 Å². The number of nitrogens with one attached hydrogen (secondary N) is 2. The van der Waals surface area contributed by atoms with Crippen LogP contribution in [0.3, 0.4) is 0 Å². The Morgan fingerprint density at radius 1 is 1.28 bits per heavy atom. The predicted octanol–water partition coefficient (Wildman–Crippen LogP) is 3.85. The van der Waals surface area contributed by atoms with Crippen LogP contribution in [0.25, 0.3) is 0 Å². The molecule has 25 heavy (non-hydrogen) atoms. The molecule has 132 valence electrons. The number of hydrazone groups is 1. The van der Waals surface area contributed by atoms with Gasteiger partial charge < -0.3 is 14.8 Å². The molecule has 7 heteroatoms. The van der Waals surface area contributed by atoms with E-state index in [0.29, 0.717) is 23.2 Å². The topological polar surface area (TPSA) is 54.9 Å². The second-order valence-electron chi connectivity index (χ2n) is 5.04. The van der Waals surface area contributed by atoms with Crippen molar-refractivity contribution in [1.82, 2.24) is 10.7 Å². The molecule has 0 saturated heterocycles. The van der Waals surface area contributed by atoms with Crippen LogP contribution in [-0.4, -0.2) is 25.0 Å². The minimum atomic E-state index is 0.460. The highest BCUT2D eigenvalue weighted by molar-refractivity contribution is 9.10. The first-order valence-corrected chi connectivity index (χ1v) is 8.95. The lowest BCUT2D eigenvalue weighted by molar-refractivity contribution is 0.282. The van der Waals surface area contributed by atoms with Gasteiger partial charge in [0, 0.05) is 6.54 Å². The van der Waals surface area contributed by atoms with E-state index >= 15 is 0 Å². The average Bonchev–Trinajstić information content (AvgIpc) is 2.61. The van der Waals surface area contributed by atoms with E-state index in [1.165, 1.54) is 0 Å². The van der Waals surface area contributed by atoms with E-state index in [9.17, 15) is 0 Å². The third kappa shape index (κ3) is 6.03. The Hall–Kier alpha value is -2.12. The number of hydrogen-bond acceptors (Lipinski definition) is 4. The summed E-state index contributed by atoms with van der Waals surface area (Å²) in [6.07, 6.45) is 1.66. The SMILES string of the molecule is CCNC(=S)N/N=C/c1cc(Br)c(OCc2ccccc2)c(OC)c1. The van der Waals surface area contributed by atoms with Gasteiger partial charge in [-0.15, -0.1) is 0 Å². The van der Waals surface area contributed by atoms with Crippen LogP contribution in [0.4, 0.5) is 0 Å². The summed E-state index contributed by atoms with van der Waals surface area (Å²) >= 11 is 8.59. The second-order valence-corrected chi connectivity index (χ2v) is 6.30. The summed E-state index contributed by atoms with van der Waals surface area (Å²) in [7, 11) is 1.61. The molecule has 0 heterocycles. The van der Waals surface area contributed by atoms with Crippen molar-refractivity contribution in [2.75, 3.05) is 13.7 Å². The fourth-order valence-corrected chi connectivity index (χ4v) is 2.82. The molecule has 0 aliphatic rings. The summed E-state index contributed by atoms with van der Waals surface area (Å²) in [4.78, 5) is 0. The largest absolute Gasteiger partial charge is 0.493 e. The highest BCUT2D eigenvalue weighted by Gasteiger charge is 2.11. The summed E-state index contributed by atoms with van der Waals surface area (Å²) in [6.45, 7) is 3.17. The zero-order chi connectivity index (χ0) is 18.1. The standard InChI is InChI=1S/C18H20BrN3O2S/c1-3-20-18(25)22-21-11-14-9-15(19)17(16(10-14)23-2)24-12-13-7-5-4-6-8-13/h4-11H,3,12H2,1-2H3,(H2,20,22,25)/b21-11+. The van der Waals surface area contributed by atoms with Crippen molar-refractivity contribution in [2.24, 2.45) is 5.10 Å². The number of thiocarbonyl (C=S) groups is 1. The smallest absolute Gasteiger partial charge is 0.186 e. The Morgan fingerprint density at radius 3 is 2.72 bits per heavy atom. The van der Waals surface area contributed by atoms with Crippen molar-refractivity contribution in [3.8, 4) is 11.5 Å². The van der Waals surface area contributed by atoms with Crippen molar-refractivity contribution in [3.63, 3.8) is 0 Å². The van der Waals surface area contributed by atoms with Gasteiger partial charge in [-0.1, -0.05) is 30.3 Å². The molecule has 2 rings (SSSR count). The van der Waals surface area contributed by atoms with Crippen molar-refractivity contribution in [1.29, 1.82) is 0 Å². The highest BCUT2D eigenvalue weighted by Crippen LogP contribution is 2.36. The molecule has 0 bridgehead atoms. The first kappa shape index (κ1) is 19.2. The number of rotatable bonds is 7. The molecule has 2 aromatic carbocycles. The molecule has 2 aromatic rings. The maximum atomic E-state index is 5.91. The molecule has 2 N–H and O–H groups in total. The van der Waals surface area contributed by atoms with Gasteiger partial charge in [0.15, 0.2) is 16.6 Å². The van der Waals surface area contributed by atoms with Gasteiger partial charge in [0.2, 0.25) is 0 Å². The molecule has 0 aromatic heterocycles. The normalized spacial score (nSPS) is 10.5. The lowest BCUT2D eigenvalue weighted by Gasteiger charge is -2.13. The Balaban J connectivity index is 2.09. The second kappa shape index (κ2) is 10.0. The van der Waals surface area contributed by atoms with Gasteiger partial charge in [0.25, 0.3) is 0 Å². The molecular formula is C18H20BrN3O2S. The molecule has 0 spiro atoms. The lowest BCUT2D eigenvalue weighted by Crippen LogP contribution is -2.31. The monoisotopic (exact) mass is 421 g/mol. The molecule has 0 atom stereocenters. The predicted molar refractivity (Wildman–Crippen MR) is 108 cm³/mol. The van der Waals surface area contributed by atoms with Crippen LogP contribution in [0, 0.1) is 0 Å². The first-order chi connectivity index (χ1) is 12.1. The van der Waals surface area contributed by atoms with Gasteiger partial charge in [-0.25, -0.2) is 0 Å². The minimum Gasteiger partial charge on any atom is -0.493 e. The molecule has 5 nitrogen and oxygen atoms in total. The number of hydrogen-bond donors (Lipinski definition) is 2. The van der Waals surface area contributed by atoms with Crippen LogP contribution >= 0.6 is 28.1 Å². The quantitative estimate of drug-likeness (QED) is 0.403. The minimum absolute atomic E-state index is 0.460. The van der Waals surface area contributed by atoms with E-state index in [1.54, 1.807) is 13.3 Å². The summed E-state index contributed by atoms with van der Waals surface area (Å²) in [6, 6.07) is 13.7. The van der Waals surface area contributed by atoms with Gasteiger partial charge in [0.1, 0.15) is 6.61 Å². The first-order valence-electron chi connectivity index (χ1n) is 7.75. The molecule has 0 unspecified atom stereocenters. The Labute approximate surface area is 161 Å². The van der Waals surface area contributed by atoms with Gasteiger partial charge in [-0.05, 0) is 58.3 Å². The maximum absolute atomic E-state index is 5.91. The van der Waals surface area contributed by atoms with Crippen LogP contribution in [0.1, 0.15) is 18.1 Å². The number of methoxy groups -OCH3 is 1. The van der Waals surface area contributed by atoms with E-state index in [2.05, 4.69) is 31.8 Å². The fourth-order valence-electron chi connectivity index (χ4n) is 2.05. The Morgan fingerprint density at radius 2 is 2.04 bits per heavy atom. The van der Waals surface area contributed by atoms with E-state index in [0.717, 1.165) is 22.1 Å². The van der Waals surface area contributed by atoms with E-state index < -0.39 is 0 Å². The van der Waals surface area contributed by atoms with E-state index in [-0.39, 0.29) is 0 Å². The third-order valence-electron chi connectivity index (χ3n) is 3.19. The van der Waals surface area contributed by atoms with E-state index in [4.69, 9.17) is 21.7 Å². The zero-order valence-corrected chi connectivity index (χ0v) is 16.5. The molecule has 0 saturated carbocycles. The van der Waals surface area contributed by atoms with Gasteiger partial charge >= 0.3 is 0 Å². The van der Waals surface area contributed by atoms with Crippen LogP contribution in [0.2, 0.25) is 0 Å². The van der Waals surface area contributed by atoms with Crippen molar-refractivity contribution in [3.05, 3.63) is 58.1 Å². The summed E-state index contributed by atoms with van der Waals surface area (Å²) in [5.41, 5.74) is 4.69. The number of benzene rings is 2. The number of nitrogens with zero attached hydrogens (tertiary/aromatic N) is 1. The number of ether oxygens (including phenoxy) is 2. The lowest BCUT2D eigenvalue weighted by atomic mass is 10.2. The van der Waals surface area contributed by atoms with Crippen LogP contribution < -0.4 is 20.2 Å². The summed E-state index contributed by atoms with van der Waals surface area (Å²) in [5.74, 6) is 1.28. The van der Waals surface area contributed by atoms with Crippen molar-refractivity contribution >= 4 is 39.5 Å². The van der Waals surface area contributed by atoms with Gasteiger partial charge in [-0.3, -0.25) is 5.43 Å². The summed E-state index contributed by atoms with van der Waals surface area (Å²) < 4.78 is 12.1. The van der Waals surface area contributed by atoms with E-state index in [1.807, 2.05) is 49.4 Å². The molecular weight excluding hydrogens is 402 g/mol. The fraction of sp³-hybridized carbons (Fsp3) is 0.222. The Bertz CT molecular complexity index is 739. The molecule has 0 amide bonds. The summed E-state index contributed by atoms with van der Waals surface area (Å²) in [5, 5.41) is 7.54. The molecule has 0 radical (unpaired) electrons. The zero-order valence-electron chi connectivity index (χ0n) is 14.1. The molecule has 0 aliphatic carbocycles. The van der Waals surface area contributed by atoms with Crippen LogP contribution in [-0.2, 0) is 6.61 Å². The average molecular weight is 422 g/mol. The Kier molecular flexibility index (Phi) is 7.69. The third-order valence-corrected chi connectivity index (χ3v) is 4.02. The van der Waals surface area contributed by atoms with Crippen molar-refractivity contribution in [2.45, 2.75) is 13.5 Å². The van der Waals surface area contributed by atoms with Crippen LogP contribution in [0.15, 0.2) is 52.0 Å². The molecule has 0 aliphatic heterocycles.